The van der Waals surface area contributed by atoms with Crippen molar-refractivity contribution in [1.29, 1.82) is 0 Å². The van der Waals surface area contributed by atoms with Crippen LogP contribution in [0.2, 0.25) is 10.0 Å². The Bertz CT molecular complexity index is 2020. The van der Waals surface area contributed by atoms with Crippen LogP contribution in [-0.2, 0) is 6.54 Å². The molecule has 1 fully saturated rings. The molecule has 16 heteroatoms. The van der Waals surface area contributed by atoms with E-state index in [1.807, 2.05) is 36.2 Å². The van der Waals surface area contributed by atoms with Crippen LogP contribution < -0.4 is 26.8 Å². The highest BCUT2D eigenvalue weighted by molar-refractivity contribution is 6.39. The number of piperidine rings is 1. The number of amides is 4. The van der Waals surface area contributed by atoms with Crippen LogP contribution in [-0.4, -0.2) is 107 Å². The van der Waals surface area contributed by atoms with Gasteiger partial charge in [0.15, 0.2) is 0 Å². The molecule has 292 valence electrons. The summed E-state index contributed by atoms with van der Waals surface area (Å²) in [4.78, 5) is 61.4. The molecule has 0 saturated carbocycles. The third kappa shape index (κ3) is 11.6. The van der Waals surface area contributed by atoms with Gasteiger partial charge in [-0.1, -0.05) is 47.8 Å². The van der Waals surface area contributed by atoms with E-state index in [2.05, 4.69) is 36.2 Å². The number of aromatic nitrogens is 3. The molecule has 0 atom stereocenters. The lowest BCUT2D eigenvalue weighted by molar-refractivity contribution is 0.0946. The zero-order valence-corrected chi connectivity index (χ0v) is 32.5. The Kier molecular flexibility index (Phi) is 15.1. The largest absolute Gasteiger partial charge is 0.395 e. The molecule has 3 heterocycles. The number of carbonyl (C=O) groups excluding carboxylic acids is 3. The van der Waals surface area contributed by atoms with Crippen molar-refractivity contribution in [3.63, 3.8) is 0 Å². The number of carbonyl (C=O) groups is 3. The van der Waals surface area contributed by atoms with E-state index in [4.69, 9.17) is 23.2 Å². The second kappa shape index (κ2) is 20.2. The Balaban J connectivity index is 1.41. The first kappa shape index (κ1) is 41.3. The third-order valence-corrected chi connectivity index (χ3v) is 9.78. The van der Waals surface area contributed by atoms with E-state index >= 15 is 0 Å². The molecule has 4 aromatic rings. The van der Waals surface area contributed by atoms with Gasteiger partial charge in [-0.25, -0.2) is 9.48 Å². The zero-order chi connectivity index (χ0) is 39.3. The standard InChI is InChI=1S/C39H47Cl2N9O5/c1-3-50-38(54)34(45-39(55)46-35-31(40)24-42-25-32(35)41)23-33(47-50)27-10-7-9-26(19-27)28-20-29(36(52)43-11-8-13-48(2)17-18-51)22-30(21-28)37(53)44-12-16-49-14-5-4-6-15-49/h7,9-10,19-25,51H,3-6,8,11-18H2,1-2H3,(H,43,52)(H,44,53)(H2,42,45,46,55). The van der Waals surface area contributed by atoms with Crippen LogP contribution in [0.15, 0.2) is 65.7 Å². The van der Waals surface area contributed by atoms with Gasteiger partial charge in [0, 0.05) is 61.8 Å². The lowest BCUT2D eigenvalue weighted by Gasteiger charge is -2.26. The van der Waals surface area contributed by atoms with Crippen LogP contribution in [0, 0.1) is 0 Å². The molecule has 0 bridgehead atoms. The molecule has 1 saturated heterocycles. The number of aliphatic hydroxyl groups excluding tert-OH is 1. The minimum Gasteiger partial charge on any atom is -0.395 e. The molecular weight excluding hydrogens is 745 g/mol. The first-order chi connectivity index (χ1) is 26.6. The fourth-order valence-electron chi connectivity index (χ4n) is 6.25. The predicted octanol–water partition coefficient (Wildman–Crippen LogP) is 5.20. The van der Waals surface area contributed by atoms with Crippen molar-refractivity contribution in [1.82, 2.24) is 35.2 Å². The molecule has 2 aromatic carbocycles. The van der Waals surface area contributed by atoms with Crippen LogP contribution in [0.5, 0.6) is 0 Å². The van der Waals surface area contributed by atoms with E-state index in [1.54, 1.807) is 25.1 Å². The summed E-state index contributed by atoms with van der Waals surface area (Å²) in [5.41, 5.74) is 2.63. The average molecular weight is 793 g/mol. The van der Waals surface area contributed by atoms with E-state index < -0.39 is 11.6 Å². The topological polar surface area (TPSA) is 174 Å². The molecule has 1 aliphatic heterocycles. The number of nitrogens with zero attached hydrogens (tertiary/aromatic N) is 5. The summed E-state index contributed by atoms with van der Waals surface area (Å²) in [7, 11) is 1.91. The minimum atomic E-state index is -0.741. The number of hydrogen-bond donors (Lipinski definition) is 5. The van der Waals surface area contributed by atoms with E-state index in [1.165, 1.54) is 29.6 Å². The van der Waals surface area contributed by atoms with Gasteiger partial charge in [0.1, 0.15) is 5.69 Å². The first-order valence-electron chi connectivity index (χ1n) is 18.4. The Morgan fingerprint density at radius 3 is 2.20 bits per heavy atom. The maximum absolute atomic E-state index is 13.5. The Hall–Kier alpha value is -4.86. The van der Waals surface area contributed by atoms with Crippen molar-refractivity contribution in [2.45, 2.75) is 39.2 Å². The van der Waals surface area contributed by atoms with Crippen molar-refractivity contribution in [2.75, 3.05) is 70.1 Å². The van der Waals surface area contributed by atoms with Gasteiger partial charge < -0.3 is 36.2 Å². The molecule has 5 N–H and O–H groups in total. The number of likely N-dealkylation sites (tertiary alicyclic amines) is 1. The highest BCUT2D eigenvalue weighted by Gasteiger charge is 2.18. The maximum atomic E-state index is 13.5. The van der Waals surface area contributed by atoms with E-state index in [0.717, 1.165) is 32.5 Å². The van der Waals surface area contributed by atoms with Crippen molar-refractivity contribution in [3.05, 3.63) is 92.5 Å². The van der Waals surface area contributed by atoms with Gasteiger partial charge in [0.2, 0.25) is 0 Å². The molecule has 0 radical (unpaired) electrons. The molecule has 4 amide bonds. The Morgan fingerprint density at radius 2 is 1.53 bits per heavy atom. The summed E-state index contributed by atoms with van der Waals surface area (Å²) < 4.78 is 1.24. The van der Waals surface area contributed by atoms with Gasteiger partial charge in [0.25, 0.3) is 17.4 Å². The normalized spacial score (nSPS) is 13.1. The van der Waals surface area contributed by atoms with E-state index in [-0.39, 0.29) is 46.4 Å². The fraction of sp³-hybridized carbons (Fsp3) is 0.385. The summed E-state index contributed by atoms with van der Waals surface area (Å²) >= 11 is 12.3. The van der Waals surface area contributed by atoms with Crippen LogP contribution >= 0.6 is 23.2 Å². The molecule has 14 nitrogen and oxygen atoms in total. The van der Waals surface area contributed by atoms with Gasteiger partial charge in [-0.3, -0.25) is 19.4 Å². The molecule has 5 rings (SSSR count). The second-order valence-corrected chi connectivity index (χ2v) is 14.1. The third-order valence-electron chi connectivity index (χ3n) is 9.21. The number of aliphatic hydroxyl groups is 1. The number of likely N-dealkylation sites (N-methyl/N-ethyl adjacent to an activating group) is 1. The monoisotopic (exact) mass is 791 g/mol. The summed E-state index contributed by atoms with van der Waals surface area (Å²) in [6.07, 6.45) is 6.90. The van der Waals surface area contributed by atoms with Gasteiger partial charge in [-0.05, 0) is 94.3 Å². The van der Waals surface area contributed by atoms with Gasteiger partial charge >= 0.3 is 6.03 Å². The Morgan fingerprint density at radius 1 is 0.855 bits per heavy atom. The smallest absolute Gasteiger partial charge is 0.323 e. The molecule has 0 unspecified atom stereocenters. The number of aryl methyl sites for hydroxylation is 1. The molecule has 2 aromatic heterocycles. The predicted molar refractivity (Wildman–Crippen MR) is 216 cm³/mol. The van der Waals surface area contributed by atoms with Crippen molar-refractivity contribution in [2.24, 2.45) is 0 Å². The average Bonchev–Trinajstić information content (AvgIpc) is 3.19. The number of anilines is 2. The number of urea groups is 1. The van der Waals surface area contributed by atoms with Gasteiger partial charge in [0.05, 0.1) is 28.0 Å². The first-order valence-corrected chi connectivity index (χ1v) is 19.1. The number of halogens is 2. The molecule has 0 aliphatic carbocycles. The maximum Gasteiger partial charge on any atom is 0.323 e. The quantitative estimate of drug-likeness (QED) is 0.0956. The molecule has 1 aliphatic rings. The zero-order valence-electron chi connectivity index (χ0n) is 31.0. The summed E-state index contributed by atoms with van der Waals surface area (Å²) in [6.45, 7) is 7.00. The number of hydrogen-bond acceptors (Lipinski definition) is 9. The lowest BCUT2D eigenvalue weighted by Crippen LogP contribution is -2.37. The van der Waals surface area contributed by atoms with E-state index in [9.17, 15) is 24.3 Å². The molecular formula is C39H47Cl2N9O5. The highest BCUT2D eigenvalue weighted by atomic mass is 35.5. The number of pyridine rings is 1. The minimum absolute atomic E-state index is 0.0270. The number of rotatable bonds is 16. The lowest BCUT2D eigenvalue weighted by atomic mass is 9.97. The number of nitrogens with one attached hydrogen (secondary N) is 4. The van der Waals surface area contributed by atoms with Crippen LogP contribution in [0.1, 0.15) is 53.3 Å². The highest BCUT2D eigenvalue weighted by Crippen LogP contribution is 2.30. The summed E-state index contributed by atoms with van der Waals surface area (Å²) in [5.74, 6) is -0.597. The van der Waals surface area contributed by atoms with E-state index in [0.29, 0.717) is 66.1 Å². The molecule has 55 heavy (non-hydrogen) atoms. The van der Waals surface area contributed by atoms with Crippen molar-refractivity contribution < 1.29 is 19.5 Å². The van der Waals surface area contributed by atoms with Crippen molar-refractivity contribution >= 4 is 52.4 Å². The summed E-state index contributed by atoms with van der Waals surface area (Å²) in [6, 6.07) is 13.2. The van der Waals surface area contributed by atoms with Crippen LogP contribution in [0.4, 0.5) is 16.2 Å². The van der Waals surface area contributed by atoms with Crippen LogP contribution in [0.3, 0.4) is 0 Å². The summed E-state index contributed by atoms with van der Waals surface area (Å²) in [5, 5.41) is 25.1. The van der Waals surface area contributed by atoms with Gasteiger partial charge in [-0.2, -0.15) is 5.10 Å². The van der Waals surface area contributed by atoms with Crippen LogP contribution in [0.25, 0.3) is 22.4 Å². The fourth-order valence-corrected chi connectivity index (χ4v) is 6.71. The van der Waals surface area contributed by atoms with Crippen molar-refractivity contribution in [3.8, 4) is 22.4 Å². The number of benzene rings is 2. The molecule has 0 spiro atoms. The SMILES string of the molecule is CCn1nc(-c2cccc(-c3cc(C(=O)NCCCN(C)CCO)cc(C(=O)NCCN4CCCCC4)c3)c2)cc(NC(=O)Nc2c(Cl)cncc2Cl)c1=O. The second-order valence-electron chi connectivity index (χ2n) is 13.3. The van der Waals surface area contributed by atoms with Gasteiger partial charge in [-0.15, -0.1) is 0 Å². The Labute approximate surface area is 330 Å².